The van der Waals surface area contributed by atoms with Gasteiger partial charge in [-0.1, -0.05) is 11.6 Å². The van der Waals surface area contributed by atoms with Crippen LogP contribution in [-0.4, -0.2) is 35.1 Å². The number of nitrogens with one attached hydrogen (secondary N) is 1. The Labute approximate surface area is 115 Å². The average Bonchev–Trinajstić information content (AvgIpc) is 2.35. The molecule has 0 aliphatic carbocycles. The van der Waals surface area contributed by atoms with Crippen molar-refractivity contribution in [2.45, 2.75) is 19.4 Å². The first kappa shape index (κ1) is 15.3. The molecule has 8 heteroatoms. The highest BCUT2D eigenvalue weighted by molar-refractivity contribution is 6.32. The van der Waals surface area contributed by atoms with Crippen LogP contribution in [0.2, 0.25) is 5.15 Å². The smallest absolute Gasteiger partial charge is 0.319 e. The van der Waals surface area contributed by atoms with E-state index < -0.39 is 22.1 Å². The molecule has 1 aromatic heterocycles. The number of ether oxygens (including phenoxy) is 1. The number of methoxy groups -OCH3 is 1. The van der Waals surface area contributed by atoms with Crippen LogP contribution in [0.4, 0.5) is 5.69 Å². The van der Waals surface area contributed by atoms with Gasteiger partial charge in [-0.25, -0.2) is 4.98 Å². The summed E-state index contributed by atoms with van der Waals surface area (Å²) in [5.74, 6) is -0.596. The van der Waals surface area contributed by atoms with Crippen molar-refractivity contribution in [3.05, 3.63) is 33.1 Å². The third-order valence-electron chi connectivity index (χ3n) is 2.53. The van der Waals surface area contributed by atoms with Crippen LogP contribution >= 0.6 is 11.6 Å². The molecule has 104 valence electrons. The van der Waals surface area contributed by atoms with Crippen LogP contribution in [0.3, 0.4) is 0 Å². The molecule has 1 rings (SSSR count). The molecule has 19 heavy (non-hydrogen) atoms. The molecule has 0 radical (unpaired) electrons. The van der Waals surface area contributed by atoms with Crippen molar-refractivity contribution >= 4 is 23.2 Å². The number of rotatable bonds is 5. The maximum Gasteiger partial charge on any atom is 0.319 e. The van der Waals surface area contributed by atoms with E-state index in [1.165, 1.54) is 19.4 Å². The van der Waals surface area contributed by atoms with Crippen LogP contribution in [0.25, 0.3) is 0 Å². The van der Waals surface area contributed by atoms with Gasteiger partial charge in [-0.15, -0.1) is 0 Å². The number of hydrogen-bond acceptors (Lipinski definition) is 5. The van der Waals surface area contributed by atoms with Gasteiger partial charge in [0.05, 0.1) is 10.5 Å². The van der Waals surface area contributed by atoms with Crippen LogP contribution in [-0.2, 0) is 4.74 Å². The molecule has 0 aromatic carbocycles. The lowest BCUT2D eigenvalue weighted by molar-refractivity contribution is -0.385. The van der Waals surface area contributed by atoms with Gasteiger partial charge < -0.3 is 10.1 Å². The third-order valence-corrected chi connectivity index (χ3v) is 2.81. The van der Waals surface area contributed by atoms with E-state index in [2.05, 4.69) is 10.3 Å². The van der Waals surface area contributed by atoms with E-state index in [1.807, 2.05) is 0 Å². The van der Waals surface area contributed by atoms with Gasteiger partial charge in [0.25, 0.3) is 5.91 Å². The van der Waals surface area contributed by atoms with E-state index in [0.717, 1.165) is 0 Å². The van der Waals surface area contributed by atoms with Crippen molar-refractivity contribution in [1.82, 2.24) is 10.3 Å². The average molecular weight is 288 g/mol. The van der Waals surface area contributed by atoms with Crippen LogP contribution in [0.5, 0.6) is 0 Å². The van der Waals surface area contributed by atoms with E-state index in [9.17, 15) is 14.9 Å². The minimum absolute atomic E-state index is 0.128. The van der Waals surface area contributed by atoms with Gasteiger partial charge in [-0.2, -0.15) is 0 Å². The van der Waals surface area contributed by atoms with Crippen LogP contribution in [0, 0.1) is 10.1 Å². The number of amides is 1. The Hall–Kier alpha value is -1.73. The van der Waals surface area contributed by atoms with Crippen LogP contribution in [0.15, 0.2) is 12.3 Å². The molecule has 0 aliphatic rings. The van der Waals surface area contributed by atoms with Gasteiger partial charge >= 0.3 is 5.69 Å². The van der Waals surface area contributed by atoms with Crippen molar-refractivity contribution in [2.75, 3.05) is 13.7 Å². The summed E-state index contributed by atoms with van der Waals surface area (Å²) in [6.07, 6.45) is 1.24. The Morgan fingerprint density at radius 1 is 1.63 bits per heavy atom. The molecule has 0 saturated carbocycles. The summed E-state index contributed by atoms with van der Waals surface area (Å²) in [5, 5.41) is 13.1. The molecule has 0 unspecified atom stereocenters. The van der Waals surface area contributed by atoms with Crippen molar-refractivity contribution in [3.63, 3.8) is 0 Å². The topological polar surface area (TPSA) is 94.4 Å². The fraction of sp³-hybridized carbons (Fsp3) is 0.455. The SMILES string of the molecule is COC(C)(C)CNC(=O)c1ccnc(Cl)c1[N+](=O)[O-]. The Morgan fingerprint density at radius 2 is 2.26 bits per heavy atom. The van der Waals surface area contributed by atoms with Gasteiger partial charge in [0.15, 0.2) is 0 Å². The second kappa shape index (κ2) is 5.94. The van der Waals surface area contributed by atoms with E-state index in [1.54, 1.807) is 13.8 Å². The fourth-order valence-corrected chi connectivity index (χ4v) is 1.47. The number of nitrogens with zero attached hydrogens (tertiary/aromatic N) is 2. The fourth-order valence-electron chi connectivity index (χ4n) is 1.25. The Bertz CT molecular complexity index is 505. The molecule has 0 saturated heterocycles. The van der Waals surface area contributed by atoms with Crippen LogP contribution < -0.4 is 5.32 Å². The third kappa shape index (κ3) is 3.87. The molecule has 1 heterocycles. The summed E-state index contributed by atoms with van der Waals surface area (Å²) in [6.45, 7) is 3.77. The van der Waals surface area contributed by atoms with E-state index >= 15 is 0 Å². The normalized spacial score (nSPS) is 11.2. The monoisotopic (exact) mass is 287 g/mol. The molecule has 1 amide bonds. The summed E-state index contributed by atoms with van der Waals surface area (Å²) in [4.78, 5) is 25.7. The number of aromatic nitrogens is 1. The quantitative estimate of drug-likeness (QED) is 0.506. The first-order valence-electron chi connectivity index (χ1n) is 5.41. The maximum atomic E-state index is 11.9. The zero-order valence-electron chi connectivity index (χ0n) is 10.8. The lowest BCUT2D eigenvalue weighted by atomic mass is 10.1. The predicted molar refractivity (Wildman–Crippen MR) is 69.3 cm³/mol. The highest BCUT2D eigenvalue weighted by Crippen LogP contribution is 2.25. The molecular weight excluding hydrogens is 274 g/mol. The molecule has 0 atom stereocenters. The number of hydrogen-bond donors (Lipinski definition) is 1. The molecule has 0 spiro atoms. The van der Waals surface area contributed by atoms with Crippen molar-refractivity contribution in [3.8, 4) is 0 Å². The summed E-state index contributed by atoms with van der Waals surface area (Å²) < 4.78 is 5.14. The van der Waals surface area contributed by atoms with Gasteiger partial charge in [0, 0.05) is 19.9 Å². The number of pyridine rings is 1. The molecule has 1 aromatic rings. The van der Waals surface area contributed by atoms with Crippen molar-refractivity contribution in [1.29, 1.82) is 0 Å². The lowest BCUT2D eigenvalue weighted by Crippen LogP contribution is -2.39. The molecule has 0 bridgehead atoms. The highest BCUT2D eigenvalue weighted by atomic mass is 35.5. The standard InChI is InChI=1S/C11H14ClN3O4/c1-11(2,19-3)6-14-10(16)7-4-5-13-9(12)8(7)15(17)18/h4-5H,6H2,1-3H3,(H,14,16). The molecule has 0 fully saturated rings. The van der Waals surface area contributed by atoms with Gasteiger partial charge in [-0.3, -0.25) is 14.9 Å². The van der Waals surface area contributed by atoms with Crippen LogP contribution in [0.1, 0.15) is 24.2 Å². The van der Waals surface area contributed by atoms with Crippen molar-refractivity contribution in [2.24, 2.45) is 0 Å². The first-order chi connectivity index (χ1) is 8.78. The lowest BCUT2D eigenvalue weighted by Gasteiger charge is -2.23. The highest BCUT2D eigenvalue weighted by Gasteiger charge is 2.26. The minimum Gasteiger partial charge on any atom is -0.377 e. The summed E-state index contributed by atoms with van der Waals surface area (Å²) >= 11 is 5.63. The van der Waals surface area contributed by atoms with E-state index in [-0.39, 0.29) is 17.3 Å². The number of carbonyl (C=O) groups is 1. The molecular formula is C11H14ClN3O4. The van der Waals surface area contributed by atoms with Gasteiger partial charge in [0.1, 0.15) is 5.56 Å². The minimum atomic E-state index is -0.730. The summed E-state index contributed by atoms with van der Waals surface area (Å²) in [6, 6.07) is 1.25. The van der Waals surface area contributed by atoms with Crippen molar-refractivity contribution < 1.29 is 14.5 Å². The number of carbonyl (C=O) groups excluding carboxylic acids is 1. The molecule has 0 aliphatic heterocycles. The second-order valence-corrected chi connectivity index (χ2v) is 4.76. The Balaban J connectivity index is 2.95. The number of nitro groups is 1. The second-order valence-electron chi connectivity index (χ2n) is 4.40. The molecule has 1 N–H and O–H groups in total. The van der Waals surface area contributed by atoms with Gasteiger partial charge in [0.2, 0.25) is 5.15 Å². The van der Waals surface area contributed by atoms with E-state index in [0.29, 0.717) is 0 Å². The summed E-state index contributed by atoms with van der Waals surface area (Å²) in [5.41, 5.74) is -1.20. The zero-order chi connectivity index (χ0) is 14.6. The maximum absolute atomic E-state index is 11.9. The van der Waals surface area contributed by atoms with E-state index in [4.69, 9.17) is 16.3 Å². The Kier molecular flexibility index (Phi) is 4.79. The summed E-state index contributed by atoms with van der Waals surface area (Å²) in [7, 11) is 1.51. The molecule has 7 nitrogen and oxygen atoms in total. The predicted octanol–water partition coefficient (Wildman–Crippen LogP) is 1.80. The number of halogens is 1. The Morgan fingerprint density at radius 3 is 2.79 bits per heavy atom. The first-order valence-corrected chi connectivity index (χ1v) is 5.78. The largest absolute Gasteiger partial charge is 0.377 e. The zero-order valence-corrected chi connectivity index (χ0v) is 11.5. The van der Waals surface area contributed by atoms with Gasteiger partial charge in [-0.05, 0) is 19.9 Å².